The van der Waals surface area contributed by atoms with Gasteiger partial charge in [0.1, 0.15) is 0 Å². The summed E-state index contributed by atoms with van der Waals surface area (Å²) in [7, 11) is 0. The molecule has 1 heterocycles. The van der Waals surface area contributed by atoms with Crippen molar-refractivity contribution in [2.24, 2.45) is 10.3 Å². The molecule has 2 nitrogen and oxygen atoms in total. The molecule has 0 bridgehead atoms. The van der Waals surface area contributed by atoms with Gasteiger partial charge < -0.3 is 0 Å². The Balaban J connectivity index is 2.28. The minimum Gasteiger partial charge on any atom is -0.229 e. The van der Waals surface area contributed by atoms with Crippen LogP contribution in [0.4, 0.5) is 0 Å². The van der Waals surface area contributed by atoms with Gasteiger partial charge in [0.15, 0.2) is 0 Å². The minimum absolute atomic E-state index is 0.421. The Morgan fingerprint density at radius 3 is 3.38 bits per heavy atom. The average Bonchev–Trinajstić information content (AvgIpc) is 2.19. The molecule has 1 atom stereocenters. The van der Waals surface area contributed by atoms with Gasteiger partial charge in [0, 0.05) is 24.3 Å². The monoisotopic (exact) mass is 126 g/mol. The first-order chi connectivity index (χ1) is 3.93. The van der Waals surface area contributed by atoms with Gasteiger partial charge in [-0.25, -0.2) is 4.40 Å². The third-order valence-corrected chi connectivity index (χ3v) is 1.84. The van der Waals surface area contributed by atoms with Crippen molar-refractivity contribution in [3.8, 4) is 6.07 Å². The molecule has 3 heteroatoms. The Morgan fingerprint density at radius 2 is 2.88 bits per heavy atom. The SMILES string of the molecule is N#CCC1C=NSC1. The van der Waals surface area contributed by atoms with Crippen molar-refractivity contribution in [3.63, 3.8) is 0 Å². The van der Waals surface area contributed by atoms with E-state index in [1.54, 1.807) is 11.9 Å². The predicted octanol–water partition coefficient (Wildman–Crippen LogP) is 1.25. The van der Waals surface area contributed by atoms with Gasteiger partial charge in [-0.1, -0.05) is 0 Å². The van der Waals surface area contributed by atoms with E-state index < -0.39 is 0 Å². The van der Waals surface area contributed by atoms with Gasteiger partial charge in [0.2, 0.25) is 0 Å². The van der Waals surface area contributed by atoms with E-state index in [0.29, 0.717) is 12.3 Å². The lowest BCUT2D eigenvalue weighted by atomic mass is 10.1. The van der Waals surface area contributed by atoms with Crippen LogP contribution in [0.25, 0.3) is 0 Å². The van der Waals surface area contributed by atoms with Gasteiger partial charge in [-0.2, -0.15) is 5.26 Å². The van der Waals surface area contributed by atoms with E-state index in [9.17, 15) is 0 Å². The van der Waals surface area contributed by atoms with Gasteiger partial charge in [-0.3, -0.25) is 0 Å². The van der Waals surface area contributed by atoms with Crippen LogP contribution in [0, 0.1) is 17.2 Å². The predicted molar refractivity (Wildman–Crippen MR) is 34.7 cm³/mol. The molecule has 8 heavy (non-hydrogen) atoms. The van der Waals surface area contributed by atoms with Gasteiger partial charge in [-0.05, 0) is 11.9 Å². The molecule has 0 radical (unpaired) electrons. The van der Waals surface area contributed by atoms with Crippen LogP contribution in [0.1, 0.15) is 6.42 Å². The molecule has 0 aromatic carbocycles. The smallest absolute Gasteiger partial charge is 0.0628 e. The Morgan fingerprint density at radius 1 is 2.00 bits per heavy atom. The van der Waals surface area contributed by atoms with E-state index >= 15 is 0 Å². The Labute approximate surface area is 52.7 Å². The quantitative estimate of drug-likeness (QED) is 0.496. The van der Waals surface area contributed by atoms with Crippen molar-refractivity contribution in [2.45, 2.75) is 6.42 Å². The van der Waals surface area contributed by atoms with Crippen molar-refractivity contribution in [1.82, 2.24) is 0 Å². The molecule has 0 saturated carbocycles. The number of rotatable bonds is 1. The second kappa shape index (κ2) is 2.73. The lowest BCUT2D eigenvalue weighted by molar-refractivity contribution is 0.843. The number of hydrogen-bond acceptors (Lipinski definition) is 3. The molecule has 0 aromatic heterocycles. The molecule has 1 aliphatic rings. The topological polar surface area (TPSA) is 36.1 Å². The highest BCUT2D eigenvalue weighted by Gasteiger charge is 2.09. The minimum atomic E-state index is 0.421. The maximum Gasteiger partial charge on any atom is 0.0628 e. The molecule has 0 aliphatic carbocycles. The van der Waals surface area contributed by atoms with E-state index in [0.717, 1.165) is 5.75 Å². The lowest BCUT2D eigenvalue weighted by Crippen LogP contribution is -1.97. The highest BCUT2D eigenvalue weighted by atomic mass is 32.2. The molecule has 1 unspecified atom stereocenters. The van der Waals surface area contributed by atoms with Crippen LogP contribution >= 0.6 is 11.9 Å². The van der Waals surface area contributed by atoms with Gasteiger partial charge in [0.25, 0.3) is 0 Å². The van der Waals surface area contributed by atoms with E-state index in [-0.39, 0.29) is 0 Å². The summed E-state index contributed by atoms with van der Waals surface area (Å²) in [4.78, 5) is 0. The number of nitrogens with zero attached hydrogens (tertiary/aromatic N) is 2. The summed E-state index contributed by atoms with van der Waals surface area (Å²) in [5.41, 5.74) is 0. The van der Waals surface area contributed by atoms with E-state index in [1.807, 2.05) is 6.21 Å². The molecule has 0 amide bonds. The van der Waals surface area contributed by atoms with Crippen LogP contribution in [0.3, 0.4) is 0 Å². The van der Waals surface area contributed by atoms with Crippen molar-refractivity contribution in [1.29, 1.82) is 5.26 Å². The molecule has 1 rings (SSSR count). The highest BCUT2D eigenvalue weighted by Crippen LogP contribution is 2.17. The van der Waals surface area contributed by atoms with Gasteiger partial charge in [0.05, 0.1) is 6.07 Å². The number of hydrogen-bond donors (Lipinski definition) is 0. The summed E-state index contributed by atoms with van der Waals surface area (Å²) < 4.78 is 3.92. The van der Waals surface area contributed by atoms with E-state index in [1.165, 1.54) is 0 Å². The lowest BCUT2D eigenvalue weighted by Gasteiger charge is -1.92. The second-order valence-electron chi connectivity index (χ2n) is 1.67. The van der Waals surface area contributed by atoms with Crippen LogP contribution in [0.15, 0.2) is 4.40 Å². The maximum absolute atomic E-state index is 8.21. The second-order valence-corrected chi connectivity index (χ2v) is 2.47. The number of nitriles is 1. The van der Waals surface area contributed by atoms with Crippen molar-refractivity contribution in [3.05, 3.63) is 0 Å². The van der Waals surface area contributed by atoms with Gasteiger partial charge >= 0.3 is 0 Å². The Kier molecular flexibility index (Phi) is 1.93. The van der Waals surface area contributed by atoms with Crippen LogP contribution in [0.2, 0.25) is 0 Å². The summed E-state index contributed by atoms with van der Waals surface area (Å²) in [5.74, 6) is 1.41. The summed E-state index contributed by atoms with van der Waals surface area (Å²) >= 11 is 1.54. The standard InChI is InChI=1S/C5H6N2S/c6-2-1-5-3-7-8-4-5/h3,5H,1,4H2. The molecular weight excluding hydrogens is 120 g/mol. The average molecular weight is 126 g/mol. The maximum atomic E-state index is 8.21. The third kappa shape index (κ3) is 1.24. The fourth-order valence-electron chi connectivity index (χ4n) is 0.540. The fraction of sp³-hybridized carbons (Fsp3) is 0.600. The molecule has 1 aliphatic heterocycles. The van der Waals surface area contributed by atoms with E-state index in [2.05, 4.69) is 10.5 Å². The molecule has 0 N–H and O–H groups in total. The van der Waals surface area contributed by atoms with E-state index in [4.69, 9.17) is 5.26 Å². The van der Waals surface area contributed by atoms with Crippen molar-refractivity contribution >= 4 is 18.2 Å². The Hall–Kier alpha value is -0.490. The largest absolute Gasteiger partial charge is 0.229 e. The zero-order chi connectivity index (χ0) is 5.82. The highest BCUT2D eigenvalue weighted by molar-refractivity contribution is 7.98. The van der Waals surface area contributed by atoms with Crippen LogP contribution in [-0.4, -0.2) is 12.0 Å². The molecule has 0 spiro atoms. The van der Waals surface area contributed by atoms with Gasteiger partial charge in [-0.15, -0.1) is 0 Å². The third-order valence-electron chi connectivity index (χ3n) is 0.988. The zero-order valence-electron chi connectivity index (χ0n) is 4.37. The fourth-order valence-corrected chi connectivity index (χ4v) is 1.28. The summed E-state index contributed by atoms with van der Waals surface area (Å²) in [6.45, 7) is 0. The molecule has 0 saturated heterocycles. The summed E-state index contributed by atoms with van der Waals surface area (Å²) in [6.07, 6.45) is 2.48. The van der Waals surface area contributed by atoms with Crippen LogP contribution in [0.5, 0.6) is 0 Å². The van der Waals surface area contributed by atoms with Crippen LogP contribution in [-0.2, 0) is 0 Å². The first kappa shape index (κ1) is 5.64. The molecule has 0 fully saturated rings. The Bertz CT molecular complexity index is 136. The zero-order valence-corrected chi connectivity index (χ0v) is 5.19. The van der Waals surface area contributed by atoms with Crippen molar-refractivity contribution < 1.29 is 0 Å². The first-order valence-electron chi connectivity index (χ1n) is 2.46. The summed E-state index contributed by atoms with van der Waals surface area (Å²) in [5, 5.41) is 8.21. The first-order valence-corrected chi connectivity index (χ1v) is 3.40. The summed E-state index contributed by atoms with van der Waals surface area (Å²) in [6, 6.07) is 2.11. The molecular formula is C5H6N2S. The molecule has 42 valence electrons. The molecule has 0 aromatic rings. The van der Waals surface area contributed by atoms with Crippen molar-refractivity contribution in [2.75, 3.05) is 5.75 Å². The van der Waals surface area contributed by atoms with Crippen LogP contribution < -0.4 is 0 Å². The normalized spacial score (nSPS) is 25.6.